The Balaban J connectivity index is 1.94. The zero-order valence-corrected chi connectivity index (χ0v) is 11.9. The minimum atomic E-state index is -0.703. The molecule has 0 saturated carbocycles. The molecule has 0 heterocycles. The number of halogens is 1. The van der Waals surface area contributed by atoms with Crippen LogP contribution in [-0.2, 0) is 11.3 Å². The average molecular weight is 287 g/mol. The summed E-state index contributed by atoms with van der Waals surface area (Å²) in [5, 5.41) is 2.80. The zero-order chi connectivity index (χ0) is 15.1. The first-order valence-corrected chi connectivity index (χ1v) is 6.93. The van der Waals surface area contributed by atoms with Gasteiger partial charge in [0.2, 0.25) is 0 Å². The van der Waals surface area contributed by atoms with Crippen LogP contribution in [0.1, 0.15) is 18.9 Å². The fourth-order valence-corrected chi connectivity index (χ4v) is 1.91. The lowest BCUT2D eigenvalue weighted by Gasteiger charge is -2.17. The average Bonchev–Trinajstić information content (AvgIpc) is 2.53. The Morgan fingerprint density at radius 2 is 1.81 bits per heavy atom. The van der Waals surface area contributed by atoms with Crippen molar-refractivity contribution in [3.8, 4) is 5.75 Å². The van der Waals surface area contributed by atoms with Crippen molar-refractivity contribution in [3.63, 3.8) is 0 Å². The van der Waals surface area contributed by atoms with E-state index in [1.54, 1.807) is 12.1 Å². The van der Waals surface area contributed by atoms with Crippen molar-refractivity contribution >= 4 is 5.91 Å². The molecule has 21 heavy (non-hydrogen) atoms. The second-order valence-electron chi connectivity index (χ2n) is 4.65. The van der Waals surface area contributed by atoms with Crippen molar-refractivity contribution in [2.75, 3.05) is 0 Å². The second kappa shape index (κ2) is 7.43. The lowest BCUT2D eigenvalue weighted by Crippen LogP contribution is -2.37. The molecule has 0 aliphatic heterocycles. The molecule has 1 N–H and O–H groups in total. The van der Waals surface area contributed by atoms with E-state index in [9.17, 15) is 9.18 Å². The van der Waals surface area contributed by atoms with E-state index in [-0.39, 0.29) is 11.7 Å². The zero-order valence-electron chi connectivity index (χ0n) is 11.9. The highest BCUT2D eigenvalue weighted by Gasteiger charge is 2.19. The van der Waals surface area contributed by atoms with Crippen LogP contribution in [0.25, 0.3) is 0 Å². The lowest BCUT2D eigenvalue weighted by atomic mass is 10.2. The molecule has 0 aliphatic carbocycles. The van der Waals surface area contributed by atoms with Gasteiger partial charge in [-0.05, 0) is 24.1 Å². The Bertz CT molecular complexity index is 586. The molecule has 4 heteroatoms. The second-order valence-corrected chi connectivity index (χ2v) is 4.65. The van der Waals surface area contributed by atoms with Gasteiger partial charge >= 0.3 is 0 Å². The van der Waals surface area contributed by atoms with E-state index in [2.05, 4.69) is 5.32 Å². The molecule has 2 rings (SSSR count). The van der Waals surface area contributed by atoms with Crippen molar-refractivity contribution in [2.24, 2.45) is 0 Å². The molecule has 2 aromatic carbocycles. The largest absolute Gasteiger partial charge is 0.478 e. The number of ether oxygens (including phenoxy) is 1. The van der Waals surface area contributed by atoms with E-state index in [1.165, 1.54) is 12.1 Å². The number of para-hydroxylation sites is 1. The molecule has 0 unspecified atom stereocenters. The first kappa shape index (κ1) is 15.0. The maximum absolute atomic E-state index is 13.5. The molecule has 0 fully saturated rings. The SMILES string of the molecule is CC[C@@H](Oc1ccccc1F)C(=O)NCc1ccccc1. The third-order valence-electron chi connectivity index (χ3n) is 3.08. The highest BCUT2D eigenvalue weighted by Crippen LogP contribution is 2.18. The van der Waals surface area contributed by atoms with Crippen molar-refractivity contribution in [2.45, 2.75) is 26.0 Å². The van der Waals surface area contributed by atoms with Gasteiger partial charge in [-0.15, -0.1) is 0 Å². The Hall–Kier alpha value is -2.36. The third-order valence-corrected chi connectivity index (χ3v) is 3.08. The van der Waals surface area contributed by atoms with Gasteiger partial charge < -0.3 is 10.1 Å². The van der Waals surface area contributed by atoms with Gasteiger partial charge in [-0.3, -0.25) is 4.79 Å². The number of nitrogens with one attached hydrogen (secondary N) is 1. The molecule has 1 amide bonds. The van der Waals surface area contributed by atoms with Crippen LogP contribution in [0.3, 0.4) is 0 Å². The fraction of sp³-hybridized carbons (Fsp3) is 0.235. The molecule has 0 spiro atoms. The molecule has 2 aromatic rings. The highest BCUT2D eigenvalue weighted by atomic mass is 19.1. The standard InChI is InChI=1S/C17H18FNO2/c1-2-15(21-16-11-7-6-10-14(16)18)17(20)19-12-13-8-4-3-5-9-13/h3-11,15H,2,12H2,1H3,(H,19,20)/t15-/m1/s1. The van der Waals surface area contributed by atoms with Crippen LogP contribution in [0.15, 0.2) is 54.6 Å². The van der Waals surface area contributed by atoms with E-state index in [0.717, 1.165) is 5.56 Å². The Kier molecular flexibility index (Phi) is 5.32. The van der Waals surface area contributed by atoms with Gasteiger partial charge in [-0.2, -0.15) is 0 Å². The molecular formula is C17H18FNO2. The molecule has 0 aliphatic rings. The molecule has 0 radical (unpaired) electrons. The topological polar surface area (TPSA) is 38.3 Å². The van der Waals surface area contributed by atoms with Gasteiger partial charge in [0.15, 0.2) is 17.7 Å². The van der Waals surface area contributed by atoms with Crippen LogP contribution in [0, 0.1) is 5.82 Å². The van der Waals surface area contributed by atoms with Crippen LogP contribution in [-0.4, -0.2) is 12.0 Å². The van der Waals surface area contributed by atoms with Crippen LogP contribution in [0.4, 0.5) is 4.39 Å². The Morgan fingerprint density at radius 1 is 1.14 bits per heavy atom. The molecule has 0 saturated heterocycles. The van der Waals surface area contributed by atoms with Crippen LogP contribution in [0.2, 0.25) is 0 Å². The number of hydrogen-bond donors (Lipinski definition) is 1. The highest BCUT2D eigenvalue weighted by molar-refractivity contribution is 5.81. The summed E-state index contributed by atoms with van der Waals surface area (Å²) in [7, 11) is 0. The van der Waals surface area contributed by atoms with Crippen LogP contribution in [0.5, 0.6) is 5.75 Å². The van der Waals surface area contributed by atoms with E-state index in [4.69, 9.17) is 4.74 Å². The van der Waals surface area contributed by atoms with Crippen molar-refractivity contribution in [3.05, 3.63) is 66.0 Å². The predicted octanol–water partition coefficient (Wildman–Crippen LogP) is 3.30. The van der Waals surface area contributed by atoms with Crippen LogP contribution >= 0.6 is 0 Å². The minimum Gasteiger partial charge on any atom is -0.478 e. The molecule has 0 bridgehead atoms. The van der Waals surface area contributed by atoms with E-state index >= 15 is 0 Å². The Labute approximate surface area is 123 Å². The summed E-state index contributed by atoms with van der Waals surface area (Å²) < 4.78 is 19.0. The normalized spacial score (nSPS) is 11.7. The number of carbonyl (C=O) groups is 1. The molecular weight excluding hydrogens is 269 g/mol. The summed E-state index contributed by atoms with van der Waals surface area (Å²) >= 11 is 0. The number of benzene rings is 2. The van der Waals surface area contributed by atoms with Gasteiger partial charge in [-0.1, -0.05) is 49.4 Å². The molecule has 1 atom stereocenters. The van der Waals surface area contributed by atoms with E-state index < -0.39 is 11.9 Å². The van der Waals surface area contributed by atoms with Gasteiger partial charge in [0.1, 0.15) is 0 Å². The van der Waals surface area contributed by atoms with Crippen molar-refractivity contribution in [1.82, 2.24) is 5.32 Å². The fourth-order valence-electron chi connectivity index (χ4n) is 1.91. The van der Waals surface area contributed by atoms with Crippen LogP contribution < -0.4 is 10.1 Å². The Morgan fingerprint density at radius 3 is 2.48 bits per heavy atom. The third kappa shape index (κ3) is 4.31. The number of amides is 1. The van der Waals surface area contributed by atoms with Crippen molar-refractivity contribution < 1.29 is 13.9 Å². The summed E-state index contributed by atoms with van der Waals surface area (Å²) in [5.41, 5.74) is 1.01. The maximum atomic E-state index is 13.5. The molecule has 0 aromatic heterocycles. The first-order valence-electron chi connectivity index (χ1n) is 6.93. The molecule has 3 nitrogen and oxygen atoms in total. The van der Waals surface area contributed by atoms with Crippen molar-refractivity contribution in [1.29, 1.82) is 0 Å². The summed E-state index contributed by atoms with van der Waals surface area (Å²) in [6, 6.07) is 15.7. The lowest BCUT2D eigenvalue weighted by molar-refractivity contribution is -0.128. The number of hydrogen-bond acceptors (Lipinski definition) is 2. The summed E-state index contributed by atoms with van der Waals surface area (Å²) in [4.78, 5) is 12.1. The number of rotatable bonds is 6. The minimum absolute atomic E-state index is 0.0965. The van der Waals surface area contributed by atoms with Gasteiger partial charge in [0.25, 0.3) is 5.91 Å². The first-order chi connectivity index (χ1) is 10.2. The van der Waals surface area contributed by atoms with E-state index in [0.29, 0.717) is 13.0 Å². The number of carbonyl (C=O) groups excluding carboxylic acids is 1. The molecule has 110 valence electrons. The smallest absolute Gasteiger partial charge is 0.261 e. The van der Waals surface area contributed by atoms with Gasteiger partial charge in [0, 0.05) is 6.54 Å². The predicted molar refractivity (Wildman–Crippen MR) is 79.4 cm³/mol. The monoisotopic (exact) mass is 287 g/mol. The summed E-state index contributed by atoms with van der Waals surface area (Å²) in [5.74, 6) is -0.615. The maximum Gasteiger partial charge on any atom is 0.261 e. The van der Waals surface area contributed by atoms with Gasteiger partial charge in [-0.25, -0.2) is 4.39 Å². The summed E-state index contributed by atoms with van der Waals surface area (Å²) in [6.07, 6.45) is -0.236. The van der Waals surface area contributed by atoms with E-state index in [1.807, 2.05) is 37.3 Å². The summed E-state index contributed by atoms with van der Waals surface area (Å²) in [6.45, 7) is 2.25. The quantitative estimate of drug-likeness (QED) is 0.885. The van der Waals surface area contributed by atoms with Gasteiger partial charge in [0.05, 0.1) is 0 Å².